The second-order valence-corrected chi connectivity index (χ2v) is 6.45. The maximum Gasteiger partial charge on any atom is 0.335 e. The van der Waals surface area contributed by atoms with Crippen molar-refractivity contribution in [3.8, 4) is 11.5 Å². The summed E-state index contributed by atoms with van der Waals surface area (Å²) < 4.78 is 16.6. The predicted octanol–water partition coefficient (Wildman–Crippen LogP) is 1.66. The quantitative estimate of drug-likeness (QED) is 0.786. The molecule has 1 aromatic carbocycles. The van der Waals surface area contributed by atoms with Crippen molar-refractivity contribution in [3.05, 3.63) is 23.8 Å². The van der Waals surface area contributed by atoms with Gasteiger partial charge in [-0.25, -0.2) is 4.79 Å². The summed E-state index contributed by atoms with van der Waals surface area (Å²) in [4.78, 5) is 25.6. The summed E-state index contributed by atoms with van der Waals surface area (Å²) in [6.45, 7) is 3.96. The molecule has 0 bridgehead atoms. The van der Waals surface area contributed by atoms with Gasteiger partial charge < -0.3 is 24.2 Å². The lowest BCUT2D eigenvalue weighted by molar-refractivity contribution is -0.150. The van der Waals surface area contributed by atoms with Crippen molar-refractivity contribution in [2.45, 2.75) is 38.6 Å². The summed E-state index contributed by atoms with van der Waals surface area (Å²) in [5, 5.41) is 9.59. The maximum atomic E-state index is 12.4. The molecule has 0 spiro atoms. The first-order valence-corrected chi connectivity index (χ1v) is 8.19. The van der Waals surface area contributed by atoms with Crippen LogP contribution in [0.5, 0.6) is 11.5 Å². The number of rotatable bonds is 6. The van der Waals surface area contributed by atoms with Crippen molar-refractivity contribution in [1.29, 1.82) is 0 Å². The third-order valence-electron chi connectivity index (χ3n) is 4.27. The lowest BCUT2D eigenvalue weighted by Crippen LogP contribution is -2.43. The number of amides is 1. The number of hydrogen-bond acceptors (Lipinski definition) is 5. The van der Waals surface area contributed by atoms with E-state index in [9.17, 15) is 14.7 Å². The number of carboxylic acid groups (broad SMARTS) is 1. The average Bonchev–Trinajstić information content (AvgIpc) is 2.92. The fourth-order valence-corrected chi connectivity index (χ4v) is 3.29. The number of benzene rings is 1. The third kappa shape index (κ3) is 3.73. The van der Waals surface area contributed by atoms with Crippen LogP contribution in [0.15, 0.2) is 18.2 Å². The van der Waals surface area contributed by atoms with Crippen LogP contribution in [0.4, 0.5) is 4.79 Å². The molecule has 1 fully saturated rings. The van der Waals surface area contributed by atoms with E-state index < -0.39 is 24.3 Å². The standard InChI is InChI=1S/C17H24BNO6/c1-9(2)8-10-14(16(20)21)25-15(19(10)17(18)22)13-11(23-3)6-5-7-12(13)24-4/h5-7,9-10,14-15H,8,18H2,1-4H3,(H,20,21)/t10-,14+,15?/m0/s1. The number of carbonyl (C=O) groups excluding carboxylic acids is 1. The van der Waals surface area contributed by atoms with Gasteiger partial charge in [-0.1, -0.05) is 19.9 Å². The molecule has 1 aromatic rings. The number of ether oxygens (including phenoxy) is 3. The highest BCUT2D eigenvalue weighted by molar-refractivity contribution is 6.57. The Labute approximate surface area is 148 Å². The highest BCUT2D eigenvalue weighted by atomic mass is 16.6. The SMILES string of the molecule is BC(=O)N1C(c2c(OC)cccc2OC)O[C@@H](C(=O)O)[C@@H]1CC(C)C. The molecule has 1 unspecified atom stereocenters. The molecule has 1 aliphatic rings. The Balaban J connectivity index is 2.57. The van der Waals surface area contributed by atoms with Crippen molar-refractivity contribution in [3.63, 3.8) is 0 Å². The number of carbonyl (C=O) groups is 2. The molecule has 0 aromatic heterocycles. The fraction of sp³-hybridized carbons (Fsp3) is 0.529. The van der Waals surface area contributed by atoms with Crippen molar-refractivity contribution < 1.29 is 28.9 Å². The second-order valence-electron chi connectivity index (χ2n) is 6.45. The Hall–Kier alpha value is -2.22. The topological polar surface area (TPSA) is 85.3 Å². The molecule has 0 saturated carbocycles. The van der Waals surface area contributed by atoms with E-state index in [1.807, 2.05) is 13.8 Å². The van der Waals surface area contributed by atoms with E-state index in [0.29, 0.717) is 23.5 Å². The molecule has 8 heteroatoms. The number of carboxylic acids is 1. The zero-order valence-corrected chi connectivity index (χ0v) is 15.2. The lowest BCUT2D eigenvalue weighted by Gasteiger charge is -2.30. The minimum Gasteiger partial charge on any atom is -0.496 e. The Bertz CT molecular complexity index is 628. The van der Waals surface area contributed by atoms with Gasteiger partial charge in [0.25, 0.3) is 0 Å². The summed E-state index contributed by atoms with van der Waals surface area (Å²) in [6.07, 6.45) is -1.47. The van der Waals surface area contributed by atoms with Crippen LogP contribution in [0.3, 0.4) is 0 Å². The molecule has 1 saturated heterocycles. The van der Waals surface area contributed by atoms with E-state index >= 15 is 0 Å². The van der Waals surface area contributed by atoms with Gasteiger partial charge in [0.1, 0.15) is 11.5 Å². The number of nitrogens with zero attached hydrogens (tertiary/aromatic N) is 1. The molecular formula is C17H24BNO6. The molecule has 7 nitrogen and oxygen atoms in total. The minimum absolute atomic E-state index is 0.204. The van der Waals surface area contributed by atoms with Crippen LogP contribution in [0.2, 0.25) is 0 Å². The fourth-order valence-electron chi connectivity index (χ4n) is 3.29. The third-order valence-corrected chi connectivity index (χ3v) is 4.27. The molecule has 0 aliphatic carbocycles. The van der Waals surface area contributed by atoms with Gasteiger partial charge >= 0.3 is 5.97 Å². The van der Waals surface area contributed by atoms with Crippen LogP contribution in [-0.4, -0.2) is 56.0 Å². The zero-order valence-electron chi connectivity index (χ0n) is 15.2. The summed E-state index contributed by atoms with van der Waals surface area (Å²) in [5.41, 5.74) is 0.514. The van der Waals surface area contributed by atoms with Crippen LogP contribution >= 0.6 is 0 Å². The minimum atomic E-state index is -1.11. The molecule has 1 N–H and O–H groups in total. The maximum absolute atomic E-state index is 12.4. The van der Waals surface area contributed by atoms with Crippen LogP contribution in [0.1, 0.15) is 32.1 Å². The van der Waals surface area contributed by atoms with Crippen LogP contribution in [-0.2, 0) is 9.53 Å². The number of methoxy groups -OCH3 is 2. The molecule has 136 valence electrons. The summed E-state index contributed by atoms with van der Waals surface area (Å²) in [5.74, 6) is -0.189. The van der Waals surface area contributed by atoms with Crippen molar-refractivity contribution >= 4 is 19.6 Å². The van der Waals surface area contributed by atoms with Gasteiger partial charge in [-0.2, -0.15) is 0 Å². The number of aliphatic carboxylic acids is 1. The Morgan fingerprint density at radius 1 is 1.28 bits per heavy atom. The van der Waals surface area contributed by atoms with Gasteiger partial charge in [-0.3, -0.25) is 4.79 Å². The second kappa shape index (κ2) is 7.78. The predicted molar refractivity (Wildman–Crippen MR) is 93.8 cm³/mol. The Morgan fingerprint density at radius 3 is 2.24 bits per heavy atom. The molecule has 1 amide bonds. The summed E-state index contributed by atoms with van der Waals surface area (Å²) in [7, 11) is 4.42. The lowest BCUT2D eigenvalue weighted by atomic mass is 9.95. The van der Waals surface area contributed by atoms with E-state index in [1.54, 1.807) is 18.2 Å². The van der Waals surface area contributed by atoms with Crippen LogP contribution in [0.25, 0.3) is 0 Å². The molecular weight excluding hydrogens is 325 g/mol. The first kappa shape index (κ1) is 19.1. The monoisotopic (exact) mass is 349 g/mol. The normalized spacial score (nSPS) is 22.9. The molecule has 25 heavy (non-hydrogen) atoms. The van der Waals surface area contributed by atoms with Crippen LogP contribution in [0, 0.1) is 5.92 Å². The van der Waals surface area contributed by atoms with Gasteiger partial charge in [0.15, 0.2) is 18.1 Å². The van der Waals surface area contributed by atoms with E-state index in [4.69, 9.17) is 14.2 Å². The molecule has 1 heterocycles. The molecule has 0 radical (unpaired) electrons. The van der Waals surface area contributed by atoms with E-state index in [2.05, 4.69) is 0 Å². The summed E-state index contributed by atoms with van der Waals surface area (Å²) in [6, 6.07) is 4.65. The van der Waals surface area contributed by atoms with Gasteiger partial charge in [-0.05, 0) is 24.5 Å². The smallest absolute Gasteiger partial charge is 0.335 e. The van der Waals surface area contributed by atoms with E-state index in [1.165, 1.54) is 27.0 Å². The Morgan fingerprint density at radius 2 is 1.84 bits per heavy atom. The Kier molecular flexibility index (Phi) is 5.95. The van der Waals surface area contributed by atoms with Gasteiger partial charge in [-0.15, -0.1) is 0 Å². The highest BCUT2D eigenvalue weighted by Gasteiger charge is 2.49. The molecule has 2 rings (SSSR count). The van der Waals surface area contributed by atoms with Crippen molar-refractivity contribution in [2.24, 2.45) is 5.92 Å². The average molecular weight is 349 g/mol. The van der Waals surface area contributed by atoms with Crippen LogP contribution < -0.4 is 9.47 Å². The zero-order chi connectivity index (χ0) is 18.7. The first-order valence-electron chi connectivity index (χ1n) is 8.19. The van der Waals surface area contributed by atoms with Crippen molar-refractivity contribution in [1.82, 2.24) is 4.90 Å². The van der Waals surface area contributed by atoms with E-state index in [-0.39, 0.29) is 11.7 Å². The molecule has 3 atom stereocenters. The molecule has 1 aliphatic heterocycles. The highest BCUT2D eigenvalue weighted by Crippen LogP contribution is 2.44. The summed E-state index contributed by atoms with van der Waals surface area (Å²) >= 11 is 0. The van der Waals surface area contributed by atoms with Gasteiger partial charge in [0.2, 0.25) is 7.85 Å². The number of hydrogen-bond donors (Lipinski definition) is 1. The first-order chi connectivity index (χ1) is 11.8. The van der Waals surface area contributed by atoms with Crippen molar-refractivity contribution in [2.75, 3.05) is 14.2 Å². The largest absolute Gasteiger partial charge is 0.496 e. The van der Waals surface area contributed by atoms with E-state index in [0.717, 1.165) is 0 Å². The van der Waals surface area contributed by atoms with Gasteiger partial charge in [0.05, 0.1) is 25.8 Å². The van der Waals surface area contributed by atoms with Gasteiger partial charge in [0, 0.05) is 0 Å².